The number of carbonyl (C=O) groups excluding carboxylic acids is 2. The summed E-state index contributed by atoms with van der Waals surface area (Å²) < 4.78 is 0. The van der Waals surface area contributed by atoms with Gasteiger partial charge >= 0.3 is 0 Å². The molecule has 2 heterocycles. The molecule has 138 valence electrons. The van der Waals surface area contributed by atoms with Crippen LogP contribution in [0.4, 0.5) is 5.13 Å². The molecule has 1 N–H and O–H groups in total. The third-order valence-corrected chi connectivity index (χ3v) is 5.39. The van der Waals surface area contributed by atoms with Crippen molar-refractivity contribution in [3.8, 4) is 0 Å². The summed E-state index contributed by atoms with van der Waals surface area (Å²) in [7, 11) is 0. The molecule has 0 spiro atoms. The Hall–Kier alpha value is -2.21. The summed E-state index contributed by atoms with van der Waals surface area (Å²) in [6.45, 7) is 5.44. The summed E-state index contributed by atoms with van der Waals surface area (Å²) >= 11 is 1.49. The number of hydrogen-bond donors (Lipinski definition) is 1. The Morgan fingerprint density at radius 2 is 2.04 bits per heavy atom. The maximum absolute atomic E-state index is 12.3. The molecule has 0 atom stereocenters. The van der Waals surface area contributed by atoms with E-state index in [4.69, 9.17) is 0 Å². The van der Waals surface area contributed by atoms with Gasteiger partial charge < -0.3 is 10.2 Å². The van der Waals surface area contributed by atoms with Gasteiger partial charge in [-0.3, -0.25) is 9.59 Å². The first-order valence-corrected chi connectivity index (χ1v) is 9.93. The highest BCUT2D eigenvalue weighted by molar-refractivity contribution is 7.15. The molecule has 0 radical (unpaired) electrons. The van der Waals surface area contributed by atoms with Gasteiger partial charge in [-0.15, -0.1) is 0 Å². The van der Waals surface area contributed by atoms with Crippen LogP contribution in [-0.4, -0.2) is 28.2 Å². The highest BCUT2D eigenvalue weighted by Crippen LogP contribution is 2.29. The normalized spacial score (nSPS) is 13.6. The molecule has 1 aliphatic heterocycles. The van der Waals surface area contributed by atoms with Crippen molar-refractivity contribution in [2.45, 2.75) is 46.1 Å². The van der Waals surface area contributed by atoms with Crippen molar-refractivity contribution in [3.05, 3.63) is 46.5 Å². The molecule has 0 saturated carbocycles. The van der Waals surface area contributed by atoms with Crippen molar-refractivity contribution in [1.82, 2.24) is 9.88 Å². The lowest BCUT2D eigenvalue weighted by atomic mass is 10.1. The fraction of sp³-hybridized carbons (Fsp3) is 0.450. The van der Waals surface area contributed by atoms with Crippen LogP contribution in [0.25, 0.3) is 0 Å². The number of nitrogens with zero attached hydrogens (tertiary/aromatic N) is 2. The number of carbonyl (C=O) groups is 2. The van der Waals surface area contributed by atoms with Gasteiger partial charge in [0.05, 0.1) is 12.2 Å². The molecule has 26 heavy (non-hydrogen) atoms. The van der Waals surface area contributed by atoms with Crippen LogP contribution in [0.5, 0.6) is 0 Å². The molecule has 0 saturated heterocycles. The zero-order chi connectivity index (χ0) is 18.5. The molecule has 2 amide bonds. The van der Waals surface area contributed by atoms with E-state index in [1.54, 1.807) is 0 Å². The van der Waals surface area contributed by atoms with Gasteiger partial charge in [0.25, 0.3) is 0 Å². The molecule has 6 heteroatoms. The molecule has 1 aliphatic rings. The van der Waals surface area contributed by atoms with Crippen molar-refractivity contribution >= 4 is 28.3 Å². The van der Waals surface area contributed by atoms with Gasteiger partial charge in [-0.2, -0.15) is 0 Å². The molecule has 1 aromatic heterocycles. The Bertz CT molecular complexity index is 771. The second kappa shape index (κ2) is 8.45. The molecule has 0 fully saturated rings. The summed E-state index contributed by atoms with van der Waals surface area (Å²) in [5.74, 6) is 0.546. The Kier molecular flexibility index (Phi) is 6.04. The van der Waals surface area contributed by atoms with Crippen LogP contribution in [-0.2, 0) is 29.0 Å². The second-order valence-corrected chi connectivity index (χ2v) is 8.17. The van der Waals surface area contributed by atoms with Gasteiger partial charge in [0.1, 0.15) is 0 Å². The third kappa shape index (κ3) is 4.91. The minimum atomic E-state index is -0.0207. The summed E-state index contributed by atoms with van der Waals surface area (Å²) in [6.07, 6.45) is 2.50. The molecular formula is C20H25N3O2S. The standard InChI is InChI=1S/C20H25N3O2S/c1-14(2)12-19(25)23-11-10-16-17(13-23)26-20(21-16)22-18(24)9-8-15-6-4-3-5-7-15/h3-7,14H,8-13H2,1-2H3,(H,21,22,24). The van der Waals surface area contributed by atoms with Gasteiger partial charge in [-0.25, -0.2) is 4.98 Å². The van der Waals surface area contributed by atoms with E-state index >= 15 is 0 Å². The number of nitrogens with one attached hydrogen (secondary N) is 1. The van der Waals surface area contributed by atoms with Crippen LogP contribution in [0.2, 0.25) is 0 Å². The molecular weight excluding hydrogens is 346 g/mol. The molecule has 0 aliphatic carbocycles. The lowest BCUT2D eigenvalue weighted by Gasteiger charge is -2.26. The van der Waals surface area contributed by atoms with E-state index in [2.05, 4.69) is 24.1 Å². The Morgan fingerprint density at radius 3 is 2.77 bits per heavy atom. The van der Waals surface area contributed by atoms with Crippen molar-refractivity contribution in [1.29, 1.82) is 0 Å². The van der Waals surface area contributed by atoms with Gasteiger partial charge in [0.15, 0.2) is 5.13 Å². The number of hydrogen-bond acceptors (Lipinski definition) is 4. The highest BCUT2D eigenvalue weighted by Gasteiger charge is 2.24. The Balaban J connectivity index is 1.54. The van der Waals surface area contributed by atoms with Crippen LogP contribution >= 0.6 is 11.3 Å². The quantitative estimate of drug-likeness (QED) is 0.843. The van der Waals surface area contributed by atoms with Gasteiger partial charge in [0.2, 0.25) is 11.8 Å². The van der Waals surface area contributed by atoms with Gasteiger partial charge in [-0.05, 0) is 17.9 Å². The summed E-state index contributed by atoms with van der Waals surface area (Å²) in [6, 6.07) is 9.98. The van der Waals surface area contributed by atoms with E-state index in [0.29, 0.717) is 37.0 Å². The monoisotopic (exact) mass is 371 g/mol. The summed E-state index contributed by atoms with van der Waals surface area (Å²) in [4.78, 5) is 32.0. The Morgan fingerprint density at radius 1 is 1.27 bits per heavy atom. The van der Waals surface area contributed by atoms with Crippen molar-refractivity contribution in [2.75, 3.05) is 11.9 Å². The number of thiazole rings is 1. The van der Waals surface area contributed by atoms with E-state index in [9.17, 15) is 9.59 Å². The van der Waals surface area contributed by atoms with Crippen LogP contribution in [0.1, 0.15) is 42.8 Å². The zero-order valence-electron chi connectivity index (χ0n) is 15.3. The zero-order valence-corrected chi connectivity index (χ0v) is 16.1. The van der Waals surface area contributed by atoms with Crippen molar-refractivity contribution in [3.63, 3.8) is 0 Å². The fourth-order valence-corrected chi connectivity index (χ4v) is 4.06. The van der Waals surface area contributed by atoms with Crippen LogP contribution in [0.15, 0.2) is 30.3 Å². The first kappa shape index (κ1) is 18.6. The predicted molar refractivity (Wildman–Crippen MR) is 104 cm³/mol. The largest absolute Gasteiger partial charge is 0.337 e. The van der Waals surface area contributed by atoms with E-state index in [1.165, 1.54) is 11.3 Å². The lowest BCUT2D eigenvalue weighted by molar-refractivity contribution is -0.132. The Labute approximate surface area is 158 Å². The average molecular weight is 372 g/mol. The van der Waals surface area contributed by atoms with Gasteiger partial charge in [-0.1, -0.05) is 55.5 Å². The number of aromatic nitrogens is 1. The highest BCUT2D eigenvalue weighted by atomic mass is 32.1. The van der Waals surface area contributed by atoms with E-state index in [1.807, 2.05) is 35.2 Å². The fourth-order valence-electron chi connectivity index (χ4n) is 3.02. The molecule has 0 unspecified atom stereocenters. The maximum atomic E-state index is 12.3. The number of anilines is 1. The SMILES string of the molecule is CC(C)CC(=O)N1CCc2nc(NC(=O)CCc3ccccc3)sc2C1. The molecule has 3 rings (SSSR count). The van der Waals surface area contributed by atoms with E-state index in [-0.39, 0.29) is 11.8 Å². The topological polar surface area (TPSA) is 62.3 Å². The molecule has 1 aromatic carbocycles. The van der Waals surface area contributed by atoms with Gasteiger partial charge in [0, 0.05) is 30.7 Å². The molecule has 0 bridgehead atoms. The van der Waals surface area contributed by atoms with Crippen molar-refractivity contribution in [2.24, 2.45) is 5.92 Å². The van der Waals surface area contributed by atoms with Crippen LogP contribution < -0.4 is 5.32 Å². The first-order valence-electron chi connectivity index (χ1n) is 9.11. The van der Waals surface area contributed by atoms with Crippen molar-refractivity contribution < 1.29 is 9.59 Å². The maximum Gasteiger partial charge on any atom is 0.226 e. The first-order chi connectivity index (χ1) is 12.5. The minimum Gasteiger partial charge on any atom is -0.337 e. The number of amides is 2. The van der Waals surface area contributed by atoms with Crippen LogP contribution in [0, 0.1) is 5.92 Å². The van der Waals surface area contributed by atoms with E-state index in [0.717, 1.165) is 29.0 Å². The molecule has 2 aromatic rings. The lowest BCUT2D eigenvalue weighted by Crippen LogP contribution is -2.36. The smallest absolute Gasteiger partial charge is 0.226 e. The number of benzene rings is 1. The van der Waals surface area contributed by atoms with E-state index < -0.39 is 0 Å². The predicted octanol–water partition coefficient (Wildman–Crippen LogP) is 3.65. The number of aryl methyl sites for hydroxylation is 1. The number of rotatable bonds is 6. The van der Waals surface area contributed by atoms with Crippen LogP contribution in [0.3, 0.4) is 0 Å². The number of fused-ring (bicyclic) bond motifs is 1. The third-order valence-electron chi connectivity index (χ3n) is 4.40. The minimum absolute atomic E-state index is 0.0207. The summed E-state index contributed by atoms with van der Waals surface area (Å²) in [5.41, 5.74) is 2.17. The summed E-state index contributed by atoms with van der Waals surface area (Å²) in [5, 5.41) is 3.56. The molecule has 5 nitrogen and oxygen atoms in total. The average Bonchev–Trinajstić information content (AvgIpc) is 3.01. The second-order valence-electron chi connectivity index (χ2n) is 7.09.